The Morgan fingerprint density at radius 1 is 1.05 bits per heavy atom. The molecule has 0 spiro atoms. The van der Waals surface area contributed by atoms with Crippen molar-refractivity contribution in [2.45, 2.75) is 18.7 Å². The monoisotopic (exact) mass is 324 g/mol. The van der Waals surface area contributed by atoms with Gasteiger partial charge in [-0.25, -0.2) is 0 Å². The quantitative estimate of drug-likeness (QED) is 0.705. The average molecular weight is 325 g/mol. The lowest BCUT2D eigenvalue weighted by molar-refractivity contribution is 0.354. The molecular weight excluding hydrogens is 307 g/mol. The Morgan fingerprint density at radius 3 is 2.43 bits per heavy atom. The lowest BCUT2D eigenvalue weighted by atomic mass is 10.0. The lowest BCUT2D eigenvalue weighted by Gasteiger charge is -2.15. The van der Waals surface area contributed by atoms with Crippen LogP contribution in [0, 0.1) is 6.92 Å². The molecule has 0 saturated carbocycles. The van der Waals surface area contributed by atoms with E-state index in [1.807, 2.05) is 43.3 Å². The molecule has 0 aliphatic heterocycles. The largest absolute Gasteiger partial charge is 0.493 e. The van der Waals surface area contributed by atoms with Gasteiger partial charge in [0.1, 0.15) is 0 Å². The minimum Gasteiger partial charge on any atom is -0.493 e. The zero-order valence-electron chi connectivity index (χ0n) is 12.3. The predicted molar refractivity (Wildman–Crippen MR) is 88.0 cm³/mol. The van der Waals surface area contributed by atoms with Gasteiger partial charge in [0.05, 0.1) is 19.6 Å². The molecule has 1 unspecified atom stereocenters. The summed E-state index contributed by atoms with van der Waals surface area (Å²) in [5, 5.41) is 0.550. The van der Waals surface area contributed by atoms with Crippen LogP contribution in [0.15, 0.2) is 36.4 Å². The molecule has 2 rings (SSSR count). The van der Waals surface area contributed by atoms with E-state index in [0.29, 0.717) is 17.9 Å². The van der Waals surface area contributed by atoms with Crippen LogP contribution in [0.2, 0.25) is 5.02 Å². The van der Waals surface area contributed by atoms with Gasteiger partial charge in [0, 0.05) is 5.02 Å². The van der Waals surface area contributed by atoms with Crippen LogP contribution in [0.3, 0.4) is 0 Å². The highest BCUT2D eigenvalue weighted by Gasteiger charge is 2.15. The van der Waals surface area contributed by atoms with Crippen molar-refractivity contribution in [1.82, 2.24) is 0 Å². The van der Waals surface area contributed by atoms with Crippen molar-refractivity contribution in [2.75, 3.05) is 14.2 Å². The summed E-state index contributed by atoms with van der Waals surface area (Å²) < 4.78 is 10.5. The van der Waals surface area contributed by atoms with Gasteiger partial charge < -0.3 is 9.47 Å². The summed E-state index contributed by atoms with van der Waals surface area (Å²) >= 11 is 12.9. The van der Waals surface area contributed by atoms with E-state index >= 15 is 0 Å². The van der Waals surface area contributed by atoms with Crippen molar-refractivity contribution in [1.29, 1.82) is 0 Å². The Morgan fingerprint density at radius 2 is 1.76 bits per heavy atom. The molecule has 2 aromatic carbocycles. The maximum absolute atomic E-state index is 6.53. The van der Waals surface area contributed by atoms with Crippen molar-refractivity contribution in [3.63, 3.8) is 0 Å². The highest BCUT2D eigenvalue weighted by molar-refractivity contribution is 6.33. The zero-order chi connectivity index (χ0) is 15.4. The number of ether oxygens (including phenoxy) is 2. The highest BCUT2D eigenvalue weighted by Crippen LogP contribution is 2.34. The van der Waals surface area contributed by atoms with Gasteiger partial charge in [-0.05, 0) is 42.2 Å². The van der Waals surface area contributed by atoms with Crippen LogP contribution in [-0.2, 0) is 6.42 Å². The van der Waals surface area contributed by atoms with Crippen molar-refractivity contribution < 1.29 is 9.47 Å². The molecule has 0 saturated heterocycles. The molecule has 0 radical (unpaired) electrons. The summed E-state index contributed by atoms with van der Waals surface area (Å²) in [6.45, 7) is 1.98. The second kappa shape index (κ2) is 7.06. The summed E-state index contributed by atoms with van der Waals surface area (Å²) in [7, 11) is 3.24. The van der Waals surface area contributed by atoms with E-state index in [0.717, 1.165) is 21.7 Å². The number of benzene rings is 2. The van der Waals surface area contributed by atoms with Crippen molar-refractivity contribution in [2.24, 2.45) is 0 Å². The summed E-state index contributed by atoms with van der Waals surface area (Å²) in [6, 6.07) is 11.7. The molecule has 0 aromatic heterocycles. The molecule has 0 fully saturated rings. The van der Waals surface area contributed by atoms with Crippen LogP contribution in [0.5, 0.6) is 11.5 Å². The SMILES string of the molecule is COc1ccc(CC(Cl)c2cccc(C)c2Cl)cc1OC. The van der Waals surface area contributed by atoms with Gasteiger partial charge in [-0.2, -0.15) is 0 Å². The van der Waals surface area contributed by atoms with Gasteiger partial charge in [-0.3, -0.25) is 0 Å². The number of halogens is 2. The van der Waals surface area contributed by atoms with E-state index in [-0.39, 0.29) is 5.38 Å². The van der Waals surface area contributed by atoms with Crippen molar-refractivity contribution >= 4 is 23.2 Å². The lowest BCUT2D eigenvalue weighted by Crippen LogP contribution is -1.99. The Kier molecular flexibility index (Phi) is 5.38. The fourth-order valence-electron chi connectivity index (χ4n) is 2.24. The number of hydrogen-bond acceptors (Lipinski definition) is 2. The number of rotatable bonds is 5. The Labute approximate surface area is 135 Å². The van der Waals surface area contributed by atoms with Gasteiger partial charge in [0.15, 0.2) is 11.5 Å². The third kappa shape index (κ3) is 3.63. The summed E-state index contributed by atoms with van der Waals surface area (Å²) in [5.41, 5.74) is 3.06. The maximum atomic E-state index is 6.53. The molecule has 2 aromatic rings. The van der Waals surface area contributed by atoms with Crippen LogP contribution in [-0.4, -0.2) is 14.2 Å². The first-order valence-corrected chi connectivity index (χ1v) is 7.48. The fourth-order valence-corrected chi connectivity index (χ4v) is 2.91. The van der Waals surface area contributed by atoms with Gasteiger partial charge in [0.25, 0.3) is 0 Å². The first-order valence-electron chi connectivity index (χ1n) is 6.66. The first-order chi connectivity index (χ1) is 10.1. The maximum Gasteiger partial charge on any atom is 0.160 e. The van der Waals surface area contributed by atoms with Gasteiger partial charge in [-0.1, -0.05) is 35.9 Å². The van der Waals surface area contributed by atoms with Crippen LogP contribution in [0.25, 0.3) is 0 Å². The molecular formula is C17H18Cl2O2. The molecule has 112 valence electrons. The van der Waals surface area contributed by atoms with E-state index < -0.39 is 0 Å². The zero-order valence-corrected chi connectivity index (χ0v) is 13.8. The molecule has 0 bridgehead atoms. The molecule has 21 heavy (non-hydrogen) atoms. The standard InChI is InChI=1S/C17H18Cl2O2/c1-11-5-4-6-13(17(11)19)14(18)9-12-7-8-15(20-2)16(10-12)21-3/h4-8,10,14H,9H2,1-3H3. The molecule has 0 aliphatic rings. The fraction of sp³-hybridized carbons (Fsp3) is 0.294. The minimum absolute atomic E-state index is 0.185. The predicted octanol–water partition coefficient (Wildman–Crippen LogP) is 5.19. The Hall–Kier alpha value is -1.38. The Balaban J connectivity index is 2.23. The summed E-state index contributed by atoms with van der Waals surface area (Å²) in [5.74, 6) is 1.41. The summed E-state index contributed by atoms with van der Waals surface area (Å²) in [4.78, 5) is 0. The molecule has 2 nitrogen and oxygen atoms in total. The molecule has 0 N–H and O–H groups in total. The smallest absolute Gasteiger partial charge is 0.160 e. The number of aryl methyl sites for hydroxylation is 1. The topological polar surface area (TPSA) is 18.5 Å². The molecule has 0 amide bonds. The van der Waals surface area contributed by atoms with E-state index in [1.165, 1.54) is 0 Å². The van der Waals surface area contributed by atoms with Gasteiger partial charge >= 0.3 is 0 Å². The van der Waals surface area contributed by atoms with Crippen LogP contribution in [0.4, 0.5) is 0 Å². The molecule has 4 heteroatoms. The molecule has 0 aliphatic carbocycles. The van der Waals surface area contributed by atoms with Crippen LogP contribution >= 0.6 is 23.2 Å². The van der Waals surface area contributed by atoms with Crippen molar-refractivity contribution in [3.05, 3.63) is 58.1 Å². The van der Waals surface area contributed by atoms with Crippen molar-refractivity contribution in [3.8, 4) is 11.5 Å². The molecule has 0 heterocycles. The molecule has 1 atom stereocenters. The van der Waals surface area contributed by atoms with Crippen LogP contribution in [0.1, 0.15) is 22.1 Å². The number of methoxy groups -OCH3 is 2. The van der Waals surface area contributed by atoms with E-state index in [4.69, 9.17) is 32.7 Å². The van der Waals surface area contributed by atoms with Crippen LogP contribution < -0.4 is 9.47 Å². The number of alkyl halides is 1. The second-order valence-corrected chi connectivity index (χ2v) is 5.74. The van der Waals surface area contributed by atoms with Gasteiger partial charge in [0.2, 0.25) is 0 Å². The number of hydrogen-bond donors (Lipinski definition) is 0. The summed E-state index contributed by atoms with van der Waals surface area (Å²) in [6.07, 6.45) is 0.672. The minimum atomic E-state index is -0.185. The second-order valence-electron chi connectivity index (χ2n) is 4.84. The average Bonchev–Trinajstić information content (AvgIpc) is 2.49. The van der Waals surface area contributed by atoms with E-state index in [9.17, 15) is 0 Å². The van der Waals surface area contributed by atoms with E-state index in [2.05, 4.69) is 0 Å². The van der Waals surface area contributed by atoms with Gasteiger partial charge in [-0.15, -0.1) is 11.6 Å². The normalized spacial score (nSPS) is 12.0. The third-order valence-electron chi connectivity index (χ3n) is 3.42. The highest BCUT2D eigenvalue weighted by atomic mass is 35.5. The Bertz CT molecular complexity index is 626. The van der Waals surface area contributed by atoms with E-state index in [1.54, 1.807) is 14.2 Å². The third-order valence-corrected chi connectivity index (χ3v) is 4.33. The first kappa shape index (κ1) is 16.0.